The molecule has 0 saturated carbocycles. The van der Waals surface area contributed by atoms with Gasteiger partial charge in [0.2, 0.25) is 0 Å². The van der Waals surface area contributed by atoms with Gasteiger partial charge in [-0.3, -0.25) is 11.3 Å². The van der Waals surface area contributed by atoms with E-state index in [1.807, 2.05) is 12.4 Å². The number of hydrogen-bond donors (Lipinski definition) is 2. The Morgan fingerprint density at radius 2 is 1.43 bits per heavy atom. The predicted molar refractivity (Wildman–Crippen MR) is 88.6 cm³/mol. The minimum atomic E-state index is 0.181. The van der Waals surface area contributed by atoms with Gasteiger partial charge in [0, 0.05) is 24.0 Å². The number of hydrazine groups is 1. The molecule has 0 aliphatic rings. The lowest BCUT2D eigenvalue weighted by Crippen LogP contribution is -2.28. The first-order valence-corrected chi connectivity index (χ1v) is 8.59. The molecule has 0 spiro atoms. The van der Waals surface area contributed by atoms with Crippen LogP contribution in [0.15, 0.2) is 18.7 Å². The van der Waals surface area contributed by atoms with E-state index in [1.54, 1.807) is 6.33 Å². The number of nitrogens with zero attached hydrogens (tertiary/aromatic N) is 2. The zero-order valence-corrected chi connectivity index (χ0v) is 13.6. The lowest BCUT2D eigenvalue weighted by Gasteiger charge is -2.15. The molecule has 0 saturated heterocycles. The molecular formula is C17H32N4. The molecule has 0 aliphatic carbocycles. The Bertz CT molecular complexity index is 329. The first-order valence-electron chi connectivity index (χ1n) is 8.59. The summed E-state index contributed by atoms with van der Waals surface area (Å²) in [6.07, 6.45) is 19.9. The summed E-state index contributed by atoms with van der Waals surface area (Å²) in [4.78, 5) is 8.09. The van der Waals surface area contributed by atoms with Crippen LogP contribution in [0.25, 0.3) is 0 Å². The molecule has 0 aromatic carbocycles. The smallest absolute Gasteiger partial charge is 0.115 e. The van der Waals surface area contributed by atoms with Crippen molar-refractivity contribution in [3.8, 4) is 0 Å². The van der Waals surface area contributed by atoms with Crippen LogP contribution in [-0.2, 0) is 0 Å². The summed E-state index contributed by atoms with van der Waals surface area (Å²) < 4.78 is 0. The summed E-state index contributed by atoms with van der Waals surface area (Å²) in [5, 5.41) is 0. The van der Waals surface area contributed by atoms with Gasteiger partial charge in [-0.25, -0.2) is 9.97 Å². The van der Waals surface area contributed by atoms with Crippen LogP contribution in [0.2, 0.25) is 0 Å². The van der Waals surface area contributed by atoms with E-state index in [0.717, 1.165) is 12.0 Å². The highest BCUT2D eigenvalue weighted by Crippen LogP contribution is 2.18. The van der Waals surface area contributed by atoms with Crippen LogP contribution in [0.1, 0.15) is 89.2 Å². The van der Waals surface area contributed by atoms with Crippen molar-refractivity contribution in [1.29, 1.82) is 0 Å². The maximum absolute atomic E-state index is 5.62. The Labute approximate surface area is 129 Å². The average Bonchev–Trinajstić information content (AvgIpc) is 2.54. The summed E-state index contributed by atoms with van der Waals surface area (Å²) in [6.45, 7) is 2.27. The third kappa shape index (κ3) is 8.79. The molecule has 0 radical (unpaired) electrons. The Kier molecular flexibility index (Phi) is 10.9. The number of nitrogens with one attached hydrogen (secondary N) is 1. The highest BCUT2D eigenvalue weighted by Gasteiger charge is 2.09. The number of aromatic nitrogens is 2. The summed E-state index contributed by atoms with van der Waals surface area (Å²) in [7, 11) is 0. The summed E-state index contributed by atoms with van der Waals surface area (Å²) in [5.74, 6) is 5.62. The first kappa shape index (κ1) is 18.1. The maximum Gasteiger partial charge on any atom is 0.115 e. The molecule has 1 rings (SSSR count). The second-order valence-corrected chi connectivity index (χ2v) is 5.86. The van der Waals surface area contributed by atoms with Crippen molar-refractivity contribution >= 4 is 0 Å². The van der Waals surface area contributed by atoms with Gasteiger partial charge in [0.05, 0.1) is 0 Å². The van der Waals surface area contributed by atoms with E-state index in [4.69, 9.17) is 5.84 Å². The van der Waals surface area contributed by atoms with E-state index in [-0.39, 0.29) is 6.04 Å². The van der Waals surface area contributed by atoms with Crippen molar-refractivity contribution in [3.63, 3.8) is 0 Å². The number of hydrogen-bond acceptors (Lipinski definition) is 4. The summed E-state index contributed by atoms with van der Waals surface area (Å²) in [5.41, 5.74) is 3.95. The molecule has 0 amide bonds. The van der Waals surface area contributed by atoms with Crippen molar-refractivity contribution in [2.75, 3.05) is 0 Å². The van der Waals surface area contributed by atoms with Crippen molar-refractivity contribution in [2.24, 2.45) is 5.84 Å². The fourth-order valence-corrected chi connectivity index (χ4v) is 2.67. The van der Waals surface area contributed by atoms with Gasteiger partial charge < -0.3 is 0 Å². The van der Waals surface area contributed by atoms with Gasteiger partial charge in [-0.05, 0) is 6.42 Å². The summed E-state index contributed by atoms with van der Waals surface area (Å²) in [6, 6.07) is 0.181. The van der Waals surface area contributed by atoms with E-state index < -0.39 is 0 Å². The van der Waals surface area contributed by atoms with Crippen molar-refractivity contribution in [2.45, 2.75) is 83.6 Å². The van der Waals surface area contributed by atoms with Crippen LogP contribution in [0.4, 0.5) is 0 Å². The van der Waals surface area contributed by atoms with Crippen molar-refractivity contribution < 1.29 is 0 Å². The first-order chi connectivity index (χ1) is 10.4. The van der Waals surface area contributed by atoms with E-state index in [2.05, 4.69) is 22.3 Å². The largest absolute Gasteiger partial charge is 0.271 e. The molecular weight excluding hydrogens is 260 g/mol. The van der Waals surface area contributed by atoms with Gasteiger partial charge in [-0.15, -0.1) is 0 Å². The Morgan fingerprint density at radius 3 is 1.95 bits per heavy atom. The van der Waals surface area contributed by atoms with Gasteiger partial charge in [-0.2, -0.15) is 0 Å². The molecule has 1 heterocycles. The van der Waals surface area contributed by atoms with Gasteiger partial charge >= 0.3 is 0 Å². The zero-order valence-electron chi connectivity index (χ0n) is 13.6. The average molecular weight is 292 g/mol. The third-order valence-corrected chi connectivity index (χ3v) is 4.03. The minimum Gasteiger partial charge on any atom is -0.271 e. The van der Waals surface area contributed by atoms with E-state index in [1.165, 1.54) is 64.2 Å². The zero-order chi connectivity index (χ0) is 15.2. The van der Waals surface area contributed by atoms with Gasteiger partial charge in [0.15, 0.2) is 0 Å². The van der Waals surface area contributed by atoms with Gasteiger partial charge in [0.25, 0.3) is 0 Å². The number of nitrogens with two attached hydrogens (primary N) is 1. The topological polar surface area (TPSA) is 63.8 Å². The summed E-state index contributed by atoms with van der Waals surface area (Å²) >= 11 is 0. The molecule has 21 heavy (non-hydrogen) atoms. The molecule has 4 nitrogen and oxygen atoms in total. The molecule has 1 aromatic rings. The van der Waals surface area contributed by atoms with Crippen LogP contribution in [0, 0.1) is 0 Å². The minimum absolute atomic E-state index is 0.181. The second-order valence-electron chi connectivity index (χ2n) is 5.86. The standard InChI is InChI=1S/C17H32N4/c1-2-3-4-5-6-7-8-9-10-11-12-17(21-18)16-13-19-15-20-14-16/h13-15,17,21H,2-12,18H2,1H3. The normalized spacial score (nSPS) is 12.5. The molecule has 0 aliphatic heterocycles. The van der Waals surface area contributed by atoms with Crippen LogP contribution in [0.5, 0.6) is 0 Å². The maximum atomic E-state index is 5.62. The third-order valence-electron chi connectivity index (χ3n) is 4.03. The lowest BCUT2D eigenvalue weighted by molar-refractivity contribution is 0.472. The molecule has 0 bridgehead atoms. The van der Waals surface area contributed by atoms with Crippen LogP contribution >= 0.6 is 0 Å². The fourth-order valence-electron chi connectivity index (χ4n) is 2.67. The van der Waals surface area contributed by atoms with E-state index in [9.17, 15) is 0 Å². The van der Waals surface area contributed by atoms with Crippen LogP contribution in [-0.4, -0.2) is 9.97 Å². The van der Waals surface area contributed by atoms with Gasteiger partial charge in [-0.1, -0.05) is 71.1 Å². The van der Waals surface area contributed by atoms with Crippen LogP contribution in [0.3, 0.4) is 0 Å². The lowest BCUT2D eigenvalue weighted by atomic mass is 10.0. The van der Waals surface area contributed by atoms with Crippen molar-refractivity contribution in [1.82, 2.24) is 15.4 Å². The molecule has 1 aromatic heterocycles. The highest BCUT2D eigenvalue weighted by molar-refractivity contribution is 5.08. The second kappa shape index (κ2) is 12.7. The molecule has 120 valence electrons. The fraction of sp³-hybridized carbons (Fsp3) is 0.765. The molecule has 1 unspecified atom stereocenters. The molecule has 3 N–H and O–H groups in total. The van der Waals surface area contributed by atoms with Crippen molar-refractivity contribution in [3.05, 3.63) is 24.3 Å². The number of unbranched alkanes of at least 4 members (excludes halogenated alkanes) is 9. The SMILES string of the molecule is CCCCCCCCCCCCC(NN)c1cncnc1. The predicted octanol–water partition coefficient (Wildman–Crippen LogP) is 4.29. The quantitative estimate of drug-likeness (QED) is 0.323. The van der Waals surface area contributed by atoms with Crippen LogP contribution < -0.4 is 11.3 Å². The van der Waals surface area contributed by atoms with E-state index >= 15 is 0 Å². The molecule has 0 fully saturated rings. The van der Waals surface area contributed by atoms with E-state index in [0.29, 0.717) is 0 Å². The number of rotatable bonds is 13. The molecule has 1 atom stereocenters. The molecule has 4 heteroatoms. The Hall–Kier alpha value is -1.00. The van der Waals surface area contributed by atoms with Gasteiger partial charge in [0.1, 0.15) is 6.33 Å². The Morgan fingerprint density at radius 1 is 0.905 bits per heavy atom. The highest BCUT2D eigenvalue weighted by atomic mass is 15.2. The monoisotopic (exact) mass is 292 g/mol. The Balaban J connectivity index is 1.98.